The number of allylic oxidation sites excluding steroid dienone is 2. The monoisotopic (exact) mass is 542 g/mol. The molecule has 0 rings (SSSR count). The van der Waals surface area contributed by atoms with E-state index in [1.807, 2.05) is 0 Å². The van der Waals surface area contributed by atoms with Crippen LogP contribution in [-0.4, -0.2) is 60.1 Å². The molecule has 0 aliphatic rings. The summed E-state index contributed by atoms with van der Waals surface area (Å²) in [5, 5.41) is 18.8. The highest BCUT2D eigenvalue weighted by Gasteiger charge is 2.35. The first-order valence-electron chi connectivity index (χ1n) is 14.7. The van der Waals surface area contributed by atoms with E-state index < -0.39 is 29.6 Å². The summed E-state index contributed by atoms with van der Waals surface area (Å²) >= 11 is 0. The third-order valence-corrected chi connectivity index (χ3v) is 6.66. The Morgan fingerprint density at radius 1 is 0.658 bits per heavy atom. The number of ether oxygens (including phenoxy) is 3. The van der Waals surface area contributed by atoms with E-state index in [1.165, 1.54) is 58.8 Å². The number of rotatable bonds is 24. The van der Waals surface area contributed by atoms with Crippen LogP contribution >= 0.6 is 0 Å². The number of hydrogen-bond acceptors (Lipinski definition) is 8. The molecule has 0 aliphatic heterocycles. The molecule has 2 unspecified atom stereocenters. The fourth-order valence-corrected chi connectivity index (χ4v) is 3.77. The Balaban J connectivity index is 4.20. The zero-order chi connectivity index (χ0) is 28.7. The zero-order valence-electron chi connectivity index (χ0n) is 24.4. The first-order chi connectivity index (χ1) is 18.2. The Bertz CT molecular complexity index is 633. The minimum absolute atomic E-state index is 0.104. The minimum atomic E-state index is -1.30. The van der Waals surface area contributed by atoms with Crippen LogP contribution in [0.4, 0.5) is 0 Å². The van der Waals surface area contributed by atoms with Crippen molar-refractivity contribution >= 4 is 17.9 Å². The van der Waals surface area contributed by atoms with E-state index in [9.17, 15) is 24.6 Å². The van der Waals surface area contributed by atoms with Crippen molar-refractivity contribution in [3.05, 3.63) is 12.2 Å². The number of unbranched alkanes of at least 4 members (excludes halogenated alkanes) is 11. The Hall–Kier alpha value is -1.93. The van der Waals surface area contributed by atoms with Crippen molar-refractivity contribution in [3.8, 4) is 0 Å². The van der Waals surface area contributed by atoms with Crippen LogP contribution in [0.2, 0.25) is 0 Å². The minimum Gasteiger partial charge on any atom is -0.465 e. The molecule has 0 heterocycles. The van der Waals surface area contributed by atoms with E-state index in [0.717, 1.165) is 38.5 Å². The summed E-state index contributed by atoms with van der Waals surface area (Å²) in [6, 6.07) is 0. The van der Waals surface area contributed by atoms with Crippen LogP contribution in [0.1, 0.15) is 124 Å². The standard InChI is InChI=1S/C30H54O8/c1-5-7-8-9-10-11-12-13-14-15-16-17-18-19-20-21-27(33)36-22-30(6-2,23-37-28(34)25(3)31)24-38-29(35)26(4)32/h13-14,25-26,31-32H,5-12,15-24H2,1-4H3. The van der Waals surface area contributed by atoms with Gasteiger partial charge in [0.1, 0.15) is 32.0 Å². The van der Waals surface area contributed by atoms with Crippen molar-refractivity contribution in [1.29, 1.82) is 0 Å². The molecule has 222 valence electrons. The van der Waals surface area contributed by atoms with Gasteiger partial charge in [-0.25, -0.2) is 9.59 Å². The zero-order valence-corrected chi connectivity index (χ0v) is 24.4. The van der Waals surface area contributed by atoms with Gasteiger partial charge in [0.15, 0.2) is 0 Å². The lowest BCUT2D eigenvalue weighted by Gasteiger charge is -2.31. The number of carbonyl (C=O) groups excluding carboxylic acids is 3. The maximum absolute atomic E-state index is 12.3. The molecule has 38 heavy (non-hydrogen) atoms. The smallest absolute Gasteiger partial charge is 0.334 e. The molecule has 0 aromatic carbocycles. The van der Waals surface area contributed by atoms with Gasteiger partial charge in [-0.05, 0) is 52.4 Å². The van der Waals surface area contributed by atoms with Gasteiger partial charge in [-0.15, -0.1) is 0 Å². The van der Waals surface area contributed by atoms with Crippen molar-refractivity contribution in [2.24, 2.45) is 5.41 Å². The van der Waals surface area contributed by atoms with Crippen LogP contribution in [0, 0.1) is 5.41 Å². The van der Waals surface area contributed by atoms with Gasteiger partial charge in [-0.1, -0.05) is 77.4 Å². The predicted octanol–water partition coefficient (Wildman–Crippen LogP) is 5.81. The number of esters is 3. The van der Waals surface area contributed by atoms with Crippen LogP contribution < -0.4 is 0 Å². The van der Waals surface area contributed by atoms with Crippen LogP contribution in [0.5, 0.6) is 0 Å². The van der Waals surface area contributed by atoms with Gasteiger partial charge in [0.25, 0.3) is 0 Å². The molecular formula is C30H54O8. The van der Waals surface area contributed by atoms with E-state index in [2.05, 4.69) is 19.1 Å². The maximum Gasteiger partial charge on any atom is 0.334 e. The largest absolute Gasteiger partial charge is 0.465 e. The highest BCUT2D eigenvalue weighted by Crippen LogP contribution is 2.25. The van der Waals surface area contributed by atoms with Crippen molar-refractivity contribution in [1.82, 2.24) is 0 Å². The summed E-state index contributed by atoms with van der Waals surface area (Å²) < 4.78 is 15.7. The quantitative estimate of drug-likeness (QED) is 0.0678. The first kappa shape index (κ1) is 36.1. The van der Waals surface area contributed by atoms with Gasteiger partial charge >= 0.3 is 17.9 Å². The first-order valence-corrected chi connectivity index (χ1v) is 14.7. The van der Waals surface area contributed by atoms with Gasteiger partial charge in [-0.2, -0.15) is 0 Å². The van der Waals surface area contributed by atoms with E-state index in [-0.39, 0.29) is 25.8 Å². The third-order valence-electron chi connectivity index (χ3n) is 6.66. The average molecular weight is 543 g/mol. The number of hydrogen-bond donors (Lipinski definition) is 2. The second-order valence-corrected chi connectivity index (χ2v) is 10.4. The van der Waals surface area contributed by atoms with Crippen LogP contribution in [0.15, 0.2) is 12.2 Å². The summed E-state index contributed by atoms with van der Waals surface area (Å²) in [7, 11) is 0. The predicted molar refractivity (Wildman–Crippen MR) is 148 cm³/mol. The molecule has 2 atom stereocenters. The lowest BCUT2D eigenvalue weighted by molar-refractivity contribution is -0.169. The van der Waals surface area contributed by atoms with Crippen LogP contribution in [0.3, 0.4) is 0 Å². The van der Waals surface area contributed by atoms with Crippen molar-refractivity contribution in [2.75, 3.05) is 19.8 Å². The summed E-state index contributed by atoms with van der Waals surface area (Å²) in [6.45, 7) is 6.13. The van der Waals surface area contributed by atoms with Crippen molar-refractivity contribution in [2.45, 2.75) is 136 Å². The lowest BCUT2D eigenvalue weighted by atomic mass is 9.88. The second-order valence-electron chi connectivity index (χ2n) is 10.4. The third kappa shape index (κ3) is 19.2. The molecule has 0 spiro atoms. The highest BCUT2D eigenvalue weighted by atomic mass is 16.6. The molecule has 8 nitrogen and oxygen atoms in total. The van der Waals surface area contributed by atoms with Gasteiger partial charge in [0.05, 0.1) is 5.41 Å². The highest BCUT2D eigenvalue weighted by molar-refractivity contribution is 5.74. The Labute approximate surface area is 230 Å². The average Bonchev–Trinajstić information content (AvgIpc) is 2.90. The van der Waals surface area contributed by atoms with Gasteiger partial charge < -0.3 is 24.4 Å². The van der Waals surface area contributed by atoms with E-state index >= 15 is 0 Å². The Morgan fingerprint density at radius 3 is 1.53 bits per heavy atom. The summed E-state index contributed by atoms with van der Waals surface area (Å²) in [5.41, 5.74) is -0.965. The summed E-state index contributed by atoms with van der Waals surface area (Å²) in [4.78, 5) is 35.8. The number of carbonyl (C=O) groups is 3. The Kier molecular flexibility index (Phi) is 21.8. The molecule has 2 N–H and O–H groups in total. The second kappa shape index (κ2) is 23.0. The summed E-state index contributed by atoms with van der Waals surface area (Å²) in [5.74, 6) is -1.99. The number of aliphatic hydroxyl groups is 2. The molecule has 0 saturated heterocycles. The van der Waals surface area contributed by atoms with Crippen LogP contribution in [0.25, 0.3) is 0 Å². The molecule has 0 saturated carbocycles. The molecule has 0 amide bonds. The van der Waals surface area contributed by atoms with E-state index in [0.29, 0.717) is 12.8 Å². The Morgan fingerprint density at radius 2 is 1.08 bits per heavy atom. The summed E-state index contributed by atoms with van der Waals surface area (Å²) in [6.07, 6.45) is 18.0. The van der Waals surface area contributed by atoms with Crippen molar-refractivity contribution < 1.29 is 38.8 Å². The SMILES string of the molecule is CCCCCCCCC=CCCCCCCCC(=O)OCC(CC)(COC(=O)C(C)O)COC(=O)C(C)O. The molecule has 0 bridgehead atoms. The van der Waals surface area contributed by atoms with Gasteiger partial charge in [0.2, 0.25) is 0 Å². The molecule has 0 aliphatic carbocycles. The van der Waals surface area contributed by atoms with E-state index in [1.54, 1.807) is 6.92 Å². The van der Waals surface area contributed by atoms with Gasteiger partial charge in [-0.3, -0.25) is 4.79 Å². The van der Waals surface area contributed by atoms with E-state index in [4.69, 9.17) is 14.2 Å². The van der Waals surface area contributed by atoms with Crippen LogP contribution in [-0.2, 0) is 28.6 Å². The molecule has 8 heteroatoms. The fourth-order valence-electron chi connectivity index (χ4n) is 3.77. The topological polar surface area (TPSA) is 119 Å². The lowest BCUT2D eigenvalue weighted by Crippen LogP contribution is -2.40. The van der Waals surface area contributed by atoms with Crippen molar-refractivity contribution in [3.63, 3.8) is 0 Å². The molecular weight excluding hydrogens is 488 g/mol. The normalized spacial score (nSPS) is 14.6. The maximum atomic E-state index is 12.3. The fraction of sp³-hybridized carbons (Fsp3) is 0.833. The molecule has 0 aromatic heterocycles. The number of aliphatic hydroxyl groups excluding tert-OH is 2. The van der Waals surface area contributed by atoms with Gasteiger partial charge in [0, 0.05) is 6.42 Å². The molecule has 0 radical (unpaired) electrons. The molecule has 0 fully saturated rings. The molecule has 0 aromatic rings.